The molecule has 0 bridgehead atoms. The number of thioether (sulfide) groups is 1. The molecule has 1 unspecified atom stereocenters. The Balaban J connectivity index is 1.24. The third-order valence-corrected chi connectivity index (χ3v) is 8.00. The van der Waals surface area contributed by atoms with Crippen LogP contribution in [0.3, 0.4) is 0 Å². The molecule has 2 heterocycles. The summed E-state index contributed by atoms with van der Waals surface area (Å²) in [4.78, 5) is 35.6. The van der Waals surface area contributed by atoms with E-state index in [0.29, 0.717) is 34.1 Å². The number of halogens is 3. The highest BCUT2D eigenvalue weighted by Crippen LogP contribution is 2.36. The average molecular weight is 664 g/mol. The van der Waals surface area contributed by atoms with Gasteiger partial charge in [-0.25, -0.2) is 14.5 Å². The van der Waals surface area contributed by atoms with Crippen LogP contribution in [0.2, 0.25) is 0 Å². The summed E-state index contributed by atoms with van der Waals surface area (Å²) in [6, 6.07) is 19.0. The van der Waals surface area contributed by atoms with Crippen LogP contribution in [-0.4, -0.2) is 57.6 Å². The van der Waals surface area contributed by atoms with E-state index in [4.69, 9.17) is 4.74 Å². The van der Waals surface area contributed by atoms with Gasteiger partial charge in [0.2, 0.25) is 5.91 Å². The van der Waals surface area contributed by atoms with E-state index in [1.54, 1.807) is 30.3 Å². The third-order valence-electron chi connectivity index (χ3n) is 7.07. The molecule has 0 radical (unpaired) electrons. The van der Waals surface area contributed by atoms with Crippen molar-refractivity contribution < 1.29 is 32.2 Å². The summed E-state index contributed by atoms with van der Waals surface area (Å²) in [5.41, 5.74) is 3.25. The molecule has 11 nitrogen and oxygen atoms in total. The maximum absolute atomic E-state index is 12.9. The minimum absolute atomic E-state index is 0.0264. The van der Waals surface area contributed by atoms with Crippen LogP contribution in [0.15, 0.2) is 78.0 Å². The summed E-state index contributed by atoms with van der Waals surface area (Å²) in [6.07, 6.45) is -3.36. The van der Waals surface area contributed by atoms with Gasteiger partial charge in [0.15, 0.2) is 11.0 Å². The van der Waals surface area contributed by atoms with Crippen molar-refractivity contribution in [3.8, 4) is 34.6 Å². The molecule has 0 saturated carbocycles. The number of aromatic nitrogens is 3. The lowest BCUT2D eigenvalue weighted by atomic mass is 9.99. The lowest BCUT2D eigenvalue weighted by molar-refractivity contribution is -0.274. The Morgan fingerprint density at radius 1 is 1.11 bits per heavy atom. The number of benzene rings is 3. The summed E-state index contributed by atoms with van der Waals surface area (Å²) in [6.45, 7) is 3.98. The number of rotatable bonds is 9. The van der Waals surface area contributed by atoms with Crippen molar-refractivity contribution in [2.24, 2.45) is 4.99 Å². The first kappa shape index (κ1) is 33.0. The fraction of sp³-hybridized carbons (Fsp3) is 0.250. The Bertz CT molecular complexity index is 1840. The van der Waals surface area contributed by atoms with Crippen molar-refractivity contribution >= 4 is 34.6 Å². The number of hydrogen-bond donors (Lipinski definition) is 1. The number of ether oxygens (including phenoxy) is 2. The molecular weight excluding hydrogens is 635 g/mol. The van der Waals surface area contributed by atoms with Gasteiger partial charge in [-0.15, -0.1) is 18.3 Å². The van der Waals surface area contributed by atoms with E-state index in [2.05, 4.69) is 31.2 Å². The molecule has 0 spiro atoms. The maximum atomic E-state index is 12.9. The number of nitriles is 1. The molecule has 5 rings (SSSR count). The van der Waals surface area contributed by atoms with Gasteiger partial charge in [-0.3, -0.25) is 9.69 Å². The Kier molecular flexibility index (Phi) is 9.80. The number of urea groups is 1. The molecule has 1 N–H and O–H groups in total. The van der Waals surface area contributed by atoms with Crippen molar-refractivity contribution in [2.75, 3.05) is 24.3 Å². The third kappa shape index (κ3) is 7.90. The molecule has 1 aliphatic rings. The van der Waals surface area contributed by atoms with E-state index in [1.165, 1.54) is 47.3 Å². The number of amidine groups is 1. The van der Waals surface area contributed by atoms with E-state index in [9.17, 15) is 28.0 Å². The molecule has 1 fully saturated rings. The van der Waals surface area contributed by atoms with Gasteiger partial charge < -0.3 is 14.8 Å². The topological polar surface area (TPSA) is 135 Å². The number of anilines is 1. The fourth-order valence-electron chi connectivity index (χ4n) is 4.75. The van der Waals surface area contributed by atoms with Gasteiger partial charge in [0.25, 0.3) is 0 Å². The molecule has 1 aromatic heterocycles. The second-order valence-electron chi connectivity index (χ2n) is 10.5. The largest absolute Gasteiger partial charge is 0.573 e. The van der Waals surface area contributed by atoms with E-state index in [1.807, 2.05) is 26.0 Å². The van der Waals surface area contributed by atoms with E-state index >= 15 is 0 Å². The van der Waals surface area contributed by atoms with Crippen molar-refractivity contribution in [2.45, 2.75) is 32.0 Å². The quantitative estimate of drug-likeness (QED) is 0.217. The van der Waals surface area contributed by atoms with Gasteiger partial charge in [0, 0.05) is 18.2 Å². The molecule has 0 aliphatic carbocycles. The Labute approximate surface area is 272 Å². The number of carbonyl (C=O) groups is 2. The summed E-state index contributed by atoms with van der Waals surface area (Å²) in [5, 5.41) is 17.1. The number of methoxy groups -OCH3 is 1. The van der Waals surface area contributed by atoms with Crippen molar-refractivity contribution in [1.82, 2.24) is 20.1 Å². The van der Waals surface area contributed by atoms with Gasteiger partial charge in [0.05, 0.1) is 36.2 Å². The van der Waals surface area contributed by atoms with E-state index < -0.39 is 18.3 Å². The molecule has 15 heteroatoms. The van der Waals surface area contributed by atoms with Gasteiger partial charge in [0.1, 0.15) is 17.8 Å². The molecule has 242 valence electrons. The number of alkyl halides is 3. The number of amides is 3. The van der Waals surface area contributed by atoms with Crippen LogP contribution in [0.1, 0.15) is 36.8 Å². The van der Waals surface area contributed by atoms with Crippen LogP contribution in [0.25, 0.3) is 17.1 Å². The average Bonchev–Trinajstić information content (AvgIpc) is 3.68. The van der Waals surface area contributed by atoms with Crippen LogP contribution in [0.4, 0.5) is 23.7 Å². The predicted molar refractivity (Wildman–Crippen MR) is 170 cm³/mol. The van der Waals surface area contributed by atoms with Crippen LogP contribution < -0.4 is 19.7 Å². The first-order valence-corrected chi connectivity index (χ1v) is 15.2. The lowest BCUT2D eigenvalue weighted by Crippen LogP contribution is -2.33. The van der Waals surface area contributed by atoms with Gasteiger partial charge in [-0.1, -0.05) is 55.9 Å². The van der Waals surface area contributed by atoms with Crippen molar-refractivity contribution in [3.05, 3.63) is 84.2 Å². The number of aliphatic imine (C=N–C) groups is 1. The van der Waals surface area contributed by atoms with Crippen LogP contribution >= 0.6 is 11.8 Å². The number of nitrogens with one attached hydrogen (secondary N) is 1. The summed E-state index contributed by atoms with van der Waals surface area (Å²) >= 11 is 1.15. The SMILES string of the molecule is COc1ccc(C(C)C)c(N2C(=O)CSC2=NC(=O)NCC(C#N)c2ccc(-c3ncn(-c4ccc(OC(F)(F)F)cc4)n3)cc2)c1. The Morgan fingerprint density at radius 3 is 2.45 bits per heavy atom. The molecule has 3 aromatic carbocycles. The molecule has 1 aliphatic heterocycles. The number of carbonyl (C=O) groups excluding carboxylic acids is 2. The standard InChI is InChI=1S/C32H28F3N7O4S/c1-19(2)26-13-12-25(45-3)14-27(26)42-28(43)17-47-31(42)39-30(44)37-16-22(15-36)20-4-6-21(7-5-20)29-38-18-41(40-29)23-8-10-24(11-9-23)46-32(33,34)35/h4-14,18-19,22H,16-17H2,1-3H3,(H,37,44). The predicted octanol–water partition coefficient (Wildman–Crippen LogP) is 6.42. The molecule has 1 atom stereocenters. The lowest BCUT2D eigenvalue weighted by Gasteiger charge is -2.22. The van der Waals surface area contributed by atoms with Gasteiger partial charge in [-0.2, -0.15) is 10.3 Å². The molecular formula is C32H28F3N7O4S. The number of nitrogens with zero attached hydrogens (tertiary/aromatic N) is 6. The van der Waals surface area contributed by atoms with E-state index in [-0.39, 0.29) is 35.0 Å². The molecule has 47 heavy (non-hydrogen) atoms. The molecule has 4 aromatic rings. The summed E-state index contributed by atoms with van der Waals surface area (Å²) in [5.74, 6) is -0.107. The van der Waals surface area contributed by atoms with Crippen molar-refractivity contribution in [1.29, 1.82) is 5.26 Å². The monoisotopic (exact) mass is 663 g/mol. The van der Waals surface area contributed by atoms with Gasteiger partial charge in [-0.05, 0) is 47.4 Å². The second kappa shape index (κ2) is 14.0. The Hall–Kier alpha value is -5.36. The fourth-order valence-corrected chi connectivity index (χ4v) is 5.61. The molecule has 3 amide bonds. The zero-order valence-corrected chi connectivity index (χ0v) is 26.2. The van der Waals surface area contributed by atoms with Crippen LogP contribution in [0, 0.1) is 11.3 Å². The van der Waals surface area contributed by atoms with E-state index in [0.717, 1.165) is 17.3 Å². The minimum Gasteiger partial charge on any atom is -0.497 e. The summed E-state index contributed by atoms with van der Waals surface area (Å²) < 4.78 is 48.0. The highest BCUT2D eigenvalue weighted by atomic mass is 32.2. The highest BCUT2D eigenvalue weighted by molar-refractivity contribution is 8.15. The zero-order chi connectivity index (χ0) is 33.7. The van der Waals surface area contributed by atoms with Crippen LogP contribution in [0.5, 0.6) is 11.5 Å². The highest BCUT2D eigenvalue weighted by Gasteiger charge is 2.33. The number of hydrogen-bond acceptors (Lipinski definition) is 8. The smallest absolute Gasteiger partial charge is 0.497 e. The van der Waals surface area contributed by atoms with Crippen molar-refractivity contribution in [3.63, 3.8) is 0 Å². The Morgan fingerprint density at radius 2 is 1.81 bits per heavy atom. The first-order valence-electron chi connectivity index (χ1n) is 14.2. The minimum atomic E-state index is -4.78. The normalized spacial score (nSPS) is 14.7. The molecule has 1 saturated heterocycles. The van der Waals surface area contributed by atoms with Crippen LogP contribution in [-0.2, 0) is 4.79 Å². The first-order chi connectivity index (χ1) is 22.5. The van der Waals surface area contributed by atoms with Gasteiger partial charge >= 0.3 is 12.4 Å². The zero-order valence-electron chi connectivity index (χ0n) is 25.4. The second-order valence-corrected chi connectivity index (χ2v) is 11.5. The maximum Gasteiger partial charge on any atom is 0.573 e. The summed E-state index contributed by atoms with van der Waals surface area (Å²) in [7, 11) is 1.53.